The summed E-state index contributed by atoms with van der Waals surface area (Å²) in [5.74, 6) is 0.364. The number of nitrogens with one attached hydrogen (secondary N) is 1. The molecule has 0 aliphatic rings. The van der Waals surface area contributed by atoms with Crippen LogP contribution in [0.15, 0.2) is 17.1 Å². The summed E-state index contributed by atoms with van der Waals surface area (Å²) in [4.78, 5) is 31.3. The number of hydrogen-bond acceptors (Lipinski definition) is 5. The highest BCUT2D eigenvalue weighted by Crippen LogP contribution is 2.29. The first-order valence-corrected chi connectivity index (χ1v) is 8.94. The quantitative estimate of drug-likeness (QED) is 0.808. The van der Waals surface area contributed by atoms with Gasteiger partial charge in [-0.1, -0.05) is 20.8 Å². The van der Waals surface area contributed by atoms with E-state index in [9.17, 15) is 14.0 Å². The molecule has 0 bridgehead atoms. The van der Waals surface area contributed by atoms with Gasteiger partial charge in [0.15, 0.2) is 0 Å². The molecule has 0 spiro atoms. The van der Waals surface area contributed by atoms with E-state index in [4.69, 9.17) is 4.74 Å². The number of nitrogens with zero attached hydrogens (tertiary/aromatic N) is 1. The van der Waals surface area contributed by atoms with E-state index >= 15 is 0 Å². The van der Waals surface area contributed by atoms with E-state index in [2.05, 4.69) is 9.97 Å². The molecule has 0 aliphatic carbocycles. The number of esters is 1. The topological polar surface area (TPSA) is 72.1 Å². The lowest BCUT2D eigenvalue weighted by Crippen LogP contribution is -2.25. The van der Waals surface area contributed by atoms with Gasteiger partial charge in [0.05, 0.1) is 17.7 Å². The molecule has 24 heavy (non-hydrogen) atoms. The molecule has 0 aliphatic heterocycles. The Kier molecular flexibility index (Phi) is 5.64. The summed E-state index contributed by atoms with van der Waals surface area (Å²) in [7, 11) is 0. The SMILES string of the molecule is CCOC(=O)c1c[nH]c2nc(C(C)(C)CSCC)c(F)cc2c1=O. The fourth-order valence-corrected chi connectivity index (χ4v) is 3.23. The lowest BCUT2D eigenvalue weighted by Gasteiger charge is -2.24. The van der Waals surface area contributed by atoms with Gasteiger partial charge in [-0.15, -0.1) is 0 Å². The molecule has 0 atom stereocenters. The van der Waals surface area contributed by atoms with Crippen LogP contribution in [0.3, 0.4) is 0 Å². The molecule has 1 N–H and O–H groups in total. The number of halogens is 1. The zero-order valence-electron chi connectivity index (χ0n) is 14.2. The zero-order chi connectivity index (χ0) is 17.9. The molecule has 5 nitrogen and oxygen atoms in total. The van der Waals surface area contributed by atoms with Crippen LogP contribution in [0.4, 0.5) is 4.39 Å². The predicted octanol–water partition coefficient (Wildman–Crippen LogP) is 3.27. The fourth-order valence-electron chi connectivity index (χ4n) is 2.38. The number of hydrogen-bond donors (Lipinski definition) is 1. The van der Waals surface area contributed by atoms with Crippen LogP contribution in [0.5, 0.6) is 0 Å². The van der Waals surface area contributed by atoms with Crippen LogP contribution < -0.4 is 5.43 Å². The van der Waals surface area contributed by atoms with Crippen molar-refractivity contribution in [3.8, 4) is 0 Å². The van der Waals surface area contributed by atoms with Gasteiger partial charge in [-0.3, -0.25) is 4.79 Å². The molecule has 0 radical (unpaired) electrons. The number of pyridine rings is 2. The van der Waals surface area contributed by atoms with Crippen molar-refractivity contribution < 1.29 is 13.9 Å². The van der Waals surface area contributed by atoms with Crippen molar-refractivity contribution in [3.05, 3.63) is 39.6 Å². The van der Waals surface area contributed by atoms with Crippen molar-refractivity contribution in [2.45, 2.75) is 33.1 Å². The van der Waals surface area contributed by atoms with Gasteiger partial charge in [0, 0.05) is 17.4 Å². The van der Waals surface area contributed by atoms with Crippen LogP contribution in [-0.4, -0.2) is 34.0 Å². The van der Waals surface area contributed by atoms with Crippen LogP contribution in [0.2, 0.25) is 0 Å². The Bertz CT molecular complexity index is 817. The zero-order valence-corrected chi connectivity index (χ0v) is 15.1. The van der Waals surface area contributed by atoms with Gasteiger partial charge >= 0.3 is 5.97 Å². The van der Waals surface area contributed by atoms with Crippen LogP contribution >= 0.6 is 11.8 Å². The summed E-state index contributed by atoms with van der Waals surface area (Å²) in [5.41, 5.74) is -0.648. The van der Waals surface area contributed by atoms with Gasteiger partial charge in [0.2, 0.25) is 5.43 Å². The Balaban J connectivity index is 2.55. The largest absolute Gasteiger partial charge is 0.462 e. The molecular formula is C17H21FN2O3S. The number of fused-ring (bicyclic) bond motifs is 1. The van der Waals surface area contributed by atoms with Crippen molar-refractivity contribution in [2.24, 2.45) is 0 Å². The van der Waals surface area contributed by atoms with Crippen LogP contribution in [0, 0.1) is 5.82 Å². The minimum atomic E-state index is -0.732. The molecule has 0 amide bonds. The number of H-pyrrole nitrogens is 1. The molecule has 2 rings (SSSR count). The van der Waals surface area contributed by atoms with Gasteiger partial charge in [-0.2, -0.15) is 11.8 Å². The summed E-state index contributed by atoms with van der Waals surface area (Å²) >= 11 is 1.70. The van der Waals surface area contributed by atoms with Crippen LogP contribution in [-0.2, 0) is 10.2 Å². The summed E-state index contributed by atoms with van der Waals surface area (Å²) in [6, 6.07) is 1.15. The summed E-state index contributed by atoms with van der Waals surface area (Å²) in [5, 5.41) is 0.0424. The average Bonchev–Trinajstić information content (AvgIpc) is 2.53. The van der Waals surface area contributed by atoms with E-state index in [1.54, 1.807) is 18.7 Å². The minimum Gasteiger partial charge on any atom is -0.462 e. The van der Waals surface area contributed by atoms with Crippen molar-refractivity contribution in [1.29, 1.82) is 0 Å². The Morgan fingerprint density at radius 3 is 2.75 bits per heavy atom. The third-order valence-corrected chi connectivity index (χ3v) is 4.96. The highest BCUT2D eigenvalue weighted by Gasteiger charge is 2.27. The number of rotatable bonds is 6. The Hall–Kier alpha value is -1.89. The van der Waals surface area contributed by atoms with E-state index in [0.717, 1.165) is 11.8 Å². The maximum atomic E-state index is 14.6. The number of carbonyl (C=O) groups is 1. The molecule has 0 fully saturated rings. The number of aromatic nitrogens is 2. The van der Waals surface area contributed by atoms with Gasteiger partial charge < -0.3 is 9.72 Å². The molecule has 130 valence electrons. The number of carbonyl (C=O) groups excluding carboxylic acids is 1. The monoisotopic (exact) mass is 352 g/mol. The van der Waals surface area contributed by atoms with E-state index in [-0.39, 0.29) is 23.2 Å². The van der Waals surface area contributed by atoms with Gasteiger partial charge in [0.25, 0.3) is 0 Å². The molecule has 2 aromatic rings. The lowest BCUT2D eigenvalue weighted by atomic mass is 9.90. The molecular weight excluding hydrogens is 331 g/mol. The first-order valence-electron chi connectivity index (χ1n) is 7.79. The first kappa shape index (κ1) is 18.4. The lowest BCUT2D eigenvalue weighted by molar-refractivity contribution is 0.0524. The summed E-state index contributed by atoms with van der Waals surface area (Å²) < 4.78 is 19.4. The van der Waals surface area contributed by atoms with E-state index in [0.29, 0.717) is 11.4 Å². The maximum Gasteiger partial charge on any atom is 0.343 e. The van der Waals surface area contributed by atoms with E-state index in [1.807, 2.05) is 20.8 Å². The molecule has 0 unspecified atom stereocenters. The molecule has 2 aromatic heterocycles. The molecule has 0 aromatic carbocycles. The van der Waals surface area contributed by atoms with Crippen molar-refractivity contribution in [3.63, 3.8) is 0 Å². The second kappa shape index (κ2) is 7.34. The highest BCUT2D eigenvalue weighted by atomic mass is 32.2. The standard InChI is InChI=1S/C17H21FN2O3S/c1-5-23-16(22)11-8-19-15-10(13(11)21)7-12(18)14(20-15)17(3,4)9-24-6-2/h7-8H,5-6,9H2,1-4H3,(H,19,20,21). The molecule has 7 heteroatoms. The van der Waals surface area contributed by atoms with Gasteiger partial charge in [0.1, 0.15) is 17.0 Å². The third-order valence-electron chi connectivity index (χ3n) is 3.62. The highest BCUT2D eigenvalue weighted by molar-refractivity contribution is 7.99. The molecule has 0 saturated heterocycles. The van der Waals surface area contributed by atoms with Crippen molar-refractivity contribution in [1.82, 2.24) is 9.97 Å². The Labute approximate surface area is 144 Å². The second-order valence-corrected chi connectivity index (χ2v) is 7.26. The maximum absolute atomic E-state index is 14.6. The average molecular weight is 352 g/mol. The normalized spacial score (nSPS) is 11.7. The van der Waals surface area contributed by atoms with E-state index < -0.39 is 22.6 Å². The number of ether oxygens (including phenoxy) is 1. The second-order valence-electron chi connectivity index (χ2n) is 5.99. The minimum absolute atomic E-state index is 0.0424. The molecule has 2 heterocycles. The van der Waals surface area contributed by atoms with Gasteiger partial charge in [-0.25, -0.2) is 14.2 Å². The summed E-state index contributed by atoms with van der Waals surface area (Å²) in [6.45, 7) is 7.68. The Morgan fingerprint density at radius 2 is 2.12 bits per heavy atom. The van der Waals surface area contributed by atoms with Gasteiger partial charge in [-0.05, 0) is 18.7 Å². The predicted molar refractivity (Wildman–Crippen MR) is 94.3 cm³/mol. The number of thioether (sulfide) groups is 1. The number of aromatic amines is 1. The van der Waals surface area contributed by atoms with Crippen LogP contribution in [0.1, 0.15) is 43.7 Å². The Morgan fingerprint density at radius 1 is 1.42 bits per heavy atom. The van der Waals surface area contributed by atoms with Crippen LogP contribution in [0.25, 0.3) is 11.0 Å². The van der Waals surface area contributed by atoms with E-state index in [1.165, 1.54) is 6.20 Å². The molecule has 0 saturated carbocycles. The van der Waals surface area contributed by atoms with Crippen molar-refractivity contribution in [2.75, 3.05) is 18.1 Å². The third kappa shape index (κ3) is 3.61. The van der Waals surface area contributed by atoms with Crippen molar-refractivity contribution >= 4 is 28.8 Å². The first-order chi connectivity index (χ1) is 11.3. The fraction of sp³-hybridized carbons (Fsp3) is 0.471. The smallest absolute Gasteiger partial charge is 0.343 e. The summed E-state index contributed by atoms with van der Waals surface area (Å²) in [6.07, 6.45) is 1.27.